The average Bonchev–Trinajstić information content (AvgIpc) is 2.68. The van der Waals surface area contributed by atoms with Crippen molar-refractivity contribution in [1.29, 1.82) is 0 Å². The van der Waals surface area contributed by atoms with Crippen LogP contribution in [0.1, 0.15) is 17.3 Å². The summed E-state index contributed by atoms with van der Waals surface area (Å²) in [5, 5.41) is 2.37. The molecule has 0 heterocycles. The van der Waals surface area contributed by atoms with E-state index in [0.29, 0.717) is 23.3 Å². The zero-order chi connectivity index (χ0) is 20.8. The largest absolute Gasteiger partial charge is 0.497 e. The van der Waals surface area contributed by atoms with Crippen molar-refractivity contribution < 1.29 is 32.2 Å². The summed E-state index contributed by atoms with van der Waals surface area (Å²) in [7, 11) is 2.92. The van der Waals surface area contributed by atoms with E-state index in [1.807, 2.05) is 0 Å². The fourth-order valence-electron chi connectivity index (χ4n) is 2.53. The highest BCUT2D eigenvalue weighted by molar-refractivity contribution is 5.95. The number of methoxy groups -OCH3 is 2. The van der Waals surface area contributed by atoms with Crippen LogP contribution in [0.4, 0.5) is 18.9 Å². The Morgan fingerprint density at radius 1 is 1.04 bits per heavy atom. The number of amides is 2. The monoisotopic (exact) mass is 396 g/mol. The van der Waals surface area contributed by atoms with Gasteiger partial charge in [-0.15, -0.1) is 0 Å². The lowest BCUT2D eigenvalue weighted by molar-refractivity contribution is -0.116. The maximum Gasteiger partial charge on any atom is 0.254 e. The Balaban J connectivity index is 2.12. The van der Waals surface area contributed by atoms with Gasteiger partial charge in [0.05, 0.1) is 25.5 Å². The van der Waals surface area contributed by atoms with E-state index >= 15 is 0 Å². The first-order valence-corrected chi connectivity index (χ1v) is 8.22. The van der Waals surface area contributed by atoms with E-state index in [9.17, 15) is 22.8 Å². The number of benzene rings is 2. The van der Waals surface area contributed by atoms with E-state index in [0.717, 1.165) is 6.07 Å². The zero-order valence-electron chi connectivity index (χ0n) is 15.5. The van der Waals surface area contributed by atoms with Crippen molar-refractivity contribution in [3.63, 3.8) is 0 Å². The SMILES string of the molecule is COc1ccc(N(CCNC(=O)c2ccc(F)c(F)c2F)C(C)=O)c(OC)c1. The van der Waals surface area contributed by atoms with Crippen LogP contribution in [0.25, 0.3) is 0 Å². The van der Waals surface area contributed by atoms with Gasteiger partial charge in [0.1, 0.15) is 11.5 Å². The number of carbonyl (C=O) groups excluding carboxylic acids is 2. The van der Waals surface area contributed by atoms with Crippen molar-refractivity contribution in [1.82, 2.24) is 5.32 Å². The van der Waals surface area contributed by atoms with E-state index < -0.39 is 28.9 Å². The number of nitrogens with zero attached hydrogens (tertiary/aromatic N) is 1. The first-order valence-electron chi connectivity index (χ1n) is 8.22. The summed E-state index contributed by atoms with van der Waals surface area (Å²) < 4.78 is 50.3. The van der Waals surface area contributed by atoms with E-state index in [2.05, 4.69) is 5.32 Å². The quantitative estimate of drug-likeness (QED) is 0.731. The molecule has 0 aliphatic heterocycles. The van der Waals surface area contributed by atoms with Gasteiger partial charge in [0.15, 0.2) is 17.5 Å². The fraction of sp³-hybridized carbons (Fsp3) is 0.263. The van der Waals surface area contributed by atoms with Crippen molar-refractivity contribution >= 4 is 17.5 Å². The van der Waals surface area contributed by atoms with E-state index in [1.165, 1.54) is 26.0 Å². The molecule has 0 aliphatic rings. The lowest BCUT2D eigenvalue weighted by Crippen LogP contribution is -2.38. The van der Waals surface area contributed by atoms with Gasteiger partial charge >= 0.3 is 0 Å². The minimum atomic E-state index is -1.72. The van der Waals surface area contributed by atoms with Crippen LogP contribution in [-0.2, 0) is 4.79 Å². The Morgan fingerprint density at radius 2 is 1.75 bits per heavy atom. The number of carbonyl (C=O) groups is 2. The molecule has 2 amide bonds. The molecule has 0 unspecified atom stereocenters. The molecule has 2 aromatic rings. The summed E-state index contributed by atoms with van der Waals surface area (Å²) in [6.07, 6.45) is 0. The zero-order valence-corrected chi connectivity index (χ0v) is 15.5. The molecule has 0 spiro atoms. The molecule has 6 nitrogen and oxygen atoms in total. The highest BCUT2D eigenvalue weighted by atomic mass is 19.2. The van der Waals surface area contributed by atoms with Crippen LogP contribution in [0.3, 0.4) is 0 Å². The van der Waals surface area contributed by atoms with Crippen molar-refractivity contribution in [2.24, 2.45) is 0 Å². The molecule has 0 aromatic heterocycles. The van der Waals surface area contributed by atoms with Gasteiger partial charge in [0, 0.05) is 26.1 Å². The van der Waals surface area contributed by atoms with E-state index in [4.69, 9.17) is 9.47 Å². The van der Waals surface area contributed by atoms with Crippen LogP contribution in [0.2, 0.25) is 0 Å². The Bertz CT molecular complexity index is 890. The van der Waals surface area contributed by atoms with Gasteiger partial charge in [-0.2, -0.15) is 0 Å². The maximum atomic E-state index is 13.7. The number of rotatable bonds is 7. The topological polar surface area (TPSA) is 67.9 Å². The lowest BCUT2D eigenvalue weighted by Gasteiger charge is -2.24. The van der Waals surface area contributed by atoms with Crippen LogP contribution < -0.4 is 19.7 Å². The second-order valence-corrected chi connectivity index (χ2v) is 5.69. The smallest absolute Gasteiger partial charge is 0.254 e. The average molecular weight is 396 g/mol. The standard InChI is InChI=1S/C19H19F3N2O4/c1-11(25)24(15-7-4-12(27-2)10-16(15)28-3)9-8-23-19(26)13-5-6-14(20)18(22)17(13)21/h4-7,10H,8-9H2,1-3H3,(H,23,26). The Morgan fingerprint density at radius 3 is 2.36 bits per heavy atom. The predicted molar refractivity (Wildman–Crippen MR) is 96.2 cm³/mol. The Labute approximate surface area is 159 Å². The molecule has 9 heteroatoms. The molecule has 2 rings (SSSR count). The number of anilines is 1. The number of ether oxygens (including phenoxy) is 2. The number of hydrogen-bond donors (Lipinski definition) is 1. The highest BCUT2D eigenvalue weighted by Gasteiger charge is 2.20. The highest BCUT2D eigenvalue weighted by Crippen LogP contribution is 2.32. The molecule has 0 atom stereocenters. The first kappa shape index (κ1) is 21.1. The molecule has 0 fully saturated rings. The summed E-state index contributed by atoms with van der Waals surface area (Å²) >= 11 is 0. The van der Waals surface area contributed by atoms with Gasteiger partial charge in [-0.1, -0.05) is 0 Å². The predicted octanol–water partition coefficient (Wildman–Crippen LogP) is 2.90. The van der Waals surface area contributed by atoms with Crippen LogP contribution >= 0.6 is 0 Å². The lowest BCUT2D eigenvalue weighted by atomic mass is 10.2. The molecular formula is C19H19F3N2O4. The minimum absolute atomic E-state index is 0.0368. The summed E-state index contributed by atoms with van der Waals surface area (Å²) in [6.45, 7) is 1.31. The van der Waals surface area contributed by atoms with Gasteiger partial charge in [-0.05, 0) is 24.3 Å². The normalized spacial score (nSPS) is 10.4. The summed E-state index contributed by atoms with van der Waals surface area (Å²) in [5.74, 6) is -5.01. The van der Waals surface area contributed by atoms with Gasteiger partial charge in [-0.25, -0.2) is 13.2 Å². The van der Waals surface area contributed by atoms with Crippen molar-refractivity contribution in [3.8, 4) is 11.5 Å². The van der Waals surface area contributed by atoms with Crippen molar-refractivity contribution in [3.05, 3.63) is 53.3 Å². The van der Waals surface area contributed by atoms with Crippen molar-refractivity contribution in [2.45, 2.75) is 6.92 Å². The molecule has 150 valence electrons. The van der Waals surface area contributed by atoms with Crippen LogP contribution in [0.5, 0.6) is 11.5 Å². The number of hydrogen-bond acceptors (Lipinski definition) is 4. The molecule has 2 aromatic carbocycles. The third-order valence-corrected chi connectivity index (χ3v) is 3.96. The van der Waals surface area contributed by atoms with E-state index in [1.54, 1.807) is 18.2 Å². The van der Waals surface area contributed by atoms with Crippen molar-refractivity contribution in [2.75, 3.05) is 32.2 Å². The van der Waals surface area contributed by atoms with Gasteiger partial charge in [0.25, 0.3) is 5.91 Å². The van der Waals surface area contributed by atoms with E-state index in [-0.39, 0.29) is 19.0 Å². The molecule has 0 aliphatic carbocycles. The maximum absolute atomic E-state index is 13.7. The van der Waals surface area contributed by atoms with Gasteiger partial charge in [-0.3, -0.25) is 9.59 Å². The Kier molecular flexibility index (Phi) is 6.86. The number of halogens is 3. The van der Waals surface area contributed by atoms with Crippen LogP contribution in [0, 0.1) is 17.5 Å². The minimum Gasteiger partial charge on any atom is -0.497 e. The molecule has 28 heavy (non-hydrogen) atoms. The van der Waals surface area contributed by atoms with Gasteiger partial charge < -0.3 is 19.7 Å². The summed E-state index contributed by atoms with van der Waals surface area (Å²) in [4.78, 5) is 25.4. The second-order valence-electron chi connectivity index (χ2n) is 5.69. The molecule has 0 radical (unpaired) electrons. The summed E-state index contributed by atoms with van der Waals surface area (Å²) in [5.41, 5.74) is -0.181. The van der Waals surface area contributed by atoms with Crippen LogP contribution in [-0.4, -0.2) is 39.1 Å². The summed E-state index contributed by atoms with van der Waals surface area (Å²) in [6, 6.07) is 6.37. The molecular weight excluding hydrogens is 377 g/mol. The van der Waals surface area contributed by atoms with Crippen LogP contribution in [0.15, 0.2) is 30.3 Å². The first-order chi connectivity index (χ1) is 13.3. The fourth-order valence-corrected chi connectivity index (χ4v) is 2.53. The Hall–Kier alpha value is -3.23. The van der Waals surface area contributed by atoms with Gasteiger partial charge in [0.2, 0.25) is 5.91 Å². The number of nitrogens with one attached hydrogen (secondary N) is 1. The molecule has 1 N–H and O–H groups in total. The third-order valence-electron chi connectivity index (χ3n) is 3.96. The molecule has 0 bridgehead atoms. The molecule has 0 saturated heterocycles. The second kappa shape index (κ2) is 9.12. The third kappa shape index (κ3) is 4.54. The molecule has 0 saturated carbocycles.